The fourth-order valence-electron chi connectivity index (χ4n) is 1.01. The molecule has 1 N–H and O–H groups in total. The van der Waals surface area contributed by atoms with Gasteiger partial charge in [-0.1, -0.05) is 0 Å². The van der Waals surface area contributed by atoms with Crippen molar-refractivity contribution in [2.24, 2.45) is 0 Å². The molecule has 0 bridgehead atoms. The number of nitrogens with zero attached hydrogens (tertiary/aromatic N) is 1. The number of rotatable bonds is 3. The quantitative estimate of drug-likeness (QED) is 0.257. The molecule has 0 fully saturated rings. The van der Waals surface area contributed by atoms with Gasteiger partial charge in [0.15, 0.2) is 0 Å². The van der Waals surface area contributed by atoms with Crippen LogP contribution >= 0.6 is 0 Å². The molecule has 8 nitrogen and oxygen atoms in total. The van der Waals surface area contributed by atoms with Crippen molar-refractivity contribution in [2.75, 3.05) is 0 Å². The molecular formula is C7H4NNaO7S. The summed E-state index contributed by atoms with van der Waals surface area (Å²) in [5.74, 6) is -1.86. The van der Waals surface area contributed by atoms with E-state index in [1.165, 1.54) is 0 Å². The van der Waals surface area contributed by atoms with Gasteiger partial charge in [0.1, 0.15) is 4.90 Å². The molecule has 0 aliphatic heterocycles. The Morgan fingerprint density at radius 3 is 2.24 bits per heavy atom. The summed E-state index contributed by atoms with van der Waals surface area (Å²) in [5.41, 5.74) is -1.49. The van der Waals surface area contributed by atoms with Gasteiger partial charge in [0.2, 0.25) is 0 Å². The molecule has 1 rings (SSSR count). The summed E-state index contributed by atoms with van der Waals surface area (Å²) in [6, 6.07) is 1.91. The van der Waals surface area contributed by atoms with Crippen molar-refractivity contribution in [3.63, 3.8) is 0 Å². The van der Waals surface area contributed by atoms with E-state index in [-0.39, 0.29) is 29.6 Å². The number of hydrogen-bond acceptors (Lipinski definition) is 6. The van der Waals surface area contributed by atoms with Gasteiger partial charge >= 0.3 is 29.6 Å². The van der Waals surface area contributed by atoms with E-state index in [1.54, 1.807) is 0 Å². The van der Waals surface area contributed by atoms with E-state index in [4.69, 9.17) is 4.55 Å². The number of hydrogen-bond donors (Lipinski definition) is 1. The first kappa shape index (κ1) is 16.0. The Hall–Kier alpha value is -1.000. The summed E-state index contributed by atoms with van der Waals surface area (Å²) in [7, 11) is -4.86. The van der Waals surface area contributed by atoms with Crippen LogP contribution in [0.4, 0.5) is 5.69 Å². The Morgan fingerprint density at radius 1 is 1.35 bits per heavy atom. The average Bonchev–Trinajstić information content (AvgIpc) is 2.15. The number of carbonyl (C=O) groups excluding carboxylic acids is 1. The van der Waals surface area contributed by atoms with Crippen molar-refractivity contribution < 1.29 is 57.4 Å². The third kappa shape index (κ3) is 3.75. The summed E-state index contributed by atoms with van der Waals surface area (Å²) in [6.45, 7) is 0. The third-order valence-corrected chi connectivity index (χ3v) is 2.57. The second-order valence-electron chi connectivity index (χ2n) is 2.70. The monoisotopic (exact) mass is 269 g/mol. The molecule has 0 amide bonds. The Kier molecular flexibility index (Phi) is 5.23. The van der Waals surface area contributed by atoms with Crippen LogP contribution in [0.1, 0.15) is 10.4 Å². The van der Waals surface area contributed by atoms with Gasteiger partial charge in [0, 0.05) is 17.7 Å². The van der Waals surface area contributed by atoms with Gasteiger partial charge in [-0.15, -0.1) is 0 Å². The normalized spacial score (nSPS) is 10.4. The van der Waals surface area contributed by atoms with Crippen molar-refractivity contribution in [3.8, 4) is 0 Å². The number of carboxylic acids is 1. The molecule has 86 valence electrons. The Morgan fingerprint density at radius 2 is 1.88 bits per heavy atom. The van der Waals surface area contributed by atoms with Crippen molar-refractivity contribution in [1.29, 1.82) is 0 Å². The summed E-state index contributed by atoms with van der Waals surface area (Å²) in [5, 5.41) is 20.8. The summed E-state index contributed by atoms with van der Waals surface area (Å²) < 4.78 is 30.2. The number of carboxylic acid groups (broad SMARTS) is 1. The standard InChI is InChI=1S/C7H5NO7S.Na/c9-7(10)5-2-1-4(8(11)12)3-6(5)16(13,14)15;/h1-3H,(H,9,10)(H,13,14,15);/q;+1/p-1. The van der Waals surface area contributed by atoms with E-state index < -0.39 is 37.2 Å². The van der Waals surface area contributed by atoms with E-state index in [1.807, 2.05) is 0 Å². The molecule has 10 heteroatoms. The Bertz CT molecular complexity index is 568. The number of carbonyl (C=O) groups is 1. The van der Waals surface area contributed by atoms with Crippen molar-refractivity contribution >= 4 is 21.8 Å². The number of nitro benzene ring substituents is 1. The average molecular weight is 269 g/mol. The predicted octanol–water partition coefficient (Wildman–Crippen LogP) is -3.79. The summed E-state index contributed by atoms with van der Waals surface area (Å²) in [6.07, 6.45) is 0. The fourth-order valence-corrected chi connectivity index (χ4v) is 1.71. The van der Waals surface area contributed by atoms with Crippen LogP contribution in [0.2, 0.25) is 0 Å². The number of benzene rings is 1. The zero-order chi connectivity index (χ0) is 12.5. The second-order valence-corrected chi connectivity index (χ2v) is 4.09. The Labute approximate surface area is 117 Å². The zero-order valence-corrected chi connectivity index (χ0v) is 11.3. The van der Waals surface area contributed by atoms with Crippen molar-refractivity contribution in [1.82, 2.24) is 0 Å². The zero-order valence-electron chi connectivity index (χ0n) is 8.48. The summed E-state index contributed by atoms with van der Waals surface area (Å²) >= 11 is 0. The molecule has 0 spiro atoms. The number of non-ortho nitro benzene ring substituents is 1. The minimum Gasteiger partial charge on any atom is -0.545 e. The molecule has 0 aliphatic rings. The first-order valence-corrected chi connectivity index (χ1v) is 5.15. The largest absolute Gasteiger partial charge is 1.00 e. The van der Waals surface area contributed by atoms with Gasteiger partial charge in [-0.25, -0.2) is 0 Å². The van der Waals surface area contributed by atoms with Crippen LogP contribution in [0.3, 0.4) is 0 Å². The molecule has 0 saturated carbocycles. The fraction of sp³-hybridized carbons (Fsp3) is 0. The molecule has 1 aromatic rings. The topological polar surface area (TPSA) is 138 Å². The Balaban J connectivity index is 0.00000256. The first-order chi connectivity index (χ1) is 7.23. The predicted molar refractivity (Wildman–Crippen MR) is 47.2 cm³/mol. The van der Waals surface area contributed by atoms with Gasteiger partial charge in [-0.3, -0.25) is 14.7 Å². The van der Waals surface area contributed by atoms with Crippen LogP contribution in [0.5, 0.6) is 0 Å². The first-order valence-electron chi connectivity index (χ1n) is 3.71. The molecule has 0 heterocycles. The van der Waals surface area contributed by atoms with Crippen LogP contribution < -0.4 is 34.7 Å². The van der Waals surface area contributed by atoms with Gasteiger partial charge in [-0.2, -0.15) is 8.42 Å². The van der Waals surface area contributed by atoms with E-state index in [9.17, 15) is 28.4 Å². The van der Waals surface area contributed by atoms with E-state index in [0.717, 1.165) is 6.07 Å². The van der Waals surface area contributed by atoms with Crippen LogP contribution in [-0.4, -0.2) is 23.9 Å². The second kappa shape index (κ2) is 5.56. The maximum atomic E-state index is 10.8. The number of aromatic carboxylic acids is 1. The van der Waals surface area contributed by atoms with Crippen molar-refractivity contribution in [3.05, 3.63) is 33.9 Å². The third-order valence-electron chi connectivity index (χ3n) is 1.67. The van der Waals surface area contributed by atoms with E-state index in [0.29, 0.717) is 12.1 Å². The molecule has 0 unspecified atom stereocenters. The van der Waals surface area contributed by atoms with Crippen LogP contribution in [-0.2, 0) is 10.1 Å². The molecule has 0 radical (unpaired) electrons. The van der Waals surface area contributed by atoms with Crippen molar-refractivity contribution in [2.45, 2.75) is 4.90 Å². The maximum Gasteiger partial charge on any atom is 1.00 e. The minimum atomic E-state index is -4.86. The molecule has 0 atom stereocenters. The van der Waals surface area contributed by atoms with Gasteiger partial charge < -0.3 is 9.90 Å². The summed E-state index contributed by atoms with van der Waals surface area (Å²) in [4.78, 5) is 18.8. The maximum absolute atomic E-state index is 10.8. The molecule has 0 aromatic heterocycles. The van der Waals surface area contributed by atoms with Crippen LogP contribution in [0.15, 0.2) is 23.1 Å². The smallest absolute Gasteiger partial charge is 0.545 e. The molecule has 0 saturated heterocycles. The van der Waals surface area contributed by atoms with Crippen LogP contribution in [0.25, 0.3) is 0 Å². The van der Waals surface area contributed by atoms with Gasteiger partial charge in [0.25, 0.3) is 15.8 Å². The number of nitro groups is 1. The van der Waals surface area contributed by atoms with Gasteiger partial charge in [-0.05, 0) is 6.07 Å². The van der Waals surface area contributed by atoms with Gasteiger partial charge in [0.05, 0.1) is 10.9 Å². The van der Waals surface area contributed by atoms with E-state index >= 15 is 0 Å². The minimum absolute atomic E-state index is 0. The van der Waals surface area contributed by atoms with Crippen LogP contribution in [0, 0.1) is 10.1 Å². The van der Waals surface area contributed by atoms with E-state index in [2.05, 4.69) is 0 Å². The molecule has 0 aliphatic carbocycles. The SMILES string of the molecule is O=C([O-])c1ccc([N+](=O)[O-])cc1S(=O)(=O)O.[Na+]. The molecule has 17 heavy (non-hydrogen) atoms. The molecular weight excluding hydrogens is 265 g/mol. The molecule has 1 aromatic carbocycles.